The minimum absolute atomic E-state index is 0.00173. The highest BCUT2D eigenvalue weighted by Gasteiger charge is 2.26. The zero-order valence-electron chi connectivity index (χ0n) is 29.7. The molecule has 288 valence electrons. The number of anilines is 1. The molecule has 0 saturated carbocycles. The first kappa shape index (κ1) is 38.9. The van der Waals surface area contributed by atoms with Crippen molar-refractivity contribution in [1.82, 2.24) is 39.4 Å². The molecule has 17 nitrogen and oxygen atoms in total. The van der Waals surface area contributed by atoms with Crippen molar-refractivity contribution in [3.8, 4) is 16.8 Å². The SMILES string of the molecule is CC(C)OCc1ncc(-c2ccc(S(=O)(=O)Nc3cc(F)c(C(=O)N[C@@H](Cc4ccc(-n5c(=O)c6cncnc6n(C)c5=O)cn4)C(=O)O)cc3F)cc2)cn1. The summed E-state index contributed by atoms with van der Waals surface area (Å²) in [6, 6.07) is 7.31. The minimum atomic E-state index is -4.44. The van der Waals surface area contributed by atoms with Gasteiger partial charge < -0.3 is 15.2 Å². The molecule has 1 amide bonds. The maximum absolute atomic E-state index is 15.2. The molecule has 20 heteroatoms. The Morgan fingerprint density at radius 1 is 0.911 bits per heavy atom. The van der Waals surface area contributed by atoms with Crippen molar-refractivity contribution in [3.63, 3.8) is 0 Å². The second kappa shape index (κ2) is 15.9. The summed E-state index contributed by atoms with van der Waals surface area (Å²) in [4.78, 5) is 71.1. The predicted octanol–water partition coefficient (Wildman–Crippen LogP) is 2.76. The van der Waals surface area contributed by atoms with Crippen LogP contribution in [0.25, 0.3) is 27.8 Å². The number of benzene rings is 2. The van der Waals surface area contributed by atoms with E-state index in [4.69, 9.17) is 4.74 Å². The van der Waals surface area contributed by atoms with Gasteiger partial charge in [-0.1, -0.05) is 12.1 Å². The van der Waals surface area contributed by atoms with Crippen LogP contribution in [0.2, 0.25) is 0 Å². The average Bonchev–Trinajstić information content (AvgIpc) is 3.18. The van der Waals surface area contributed by atoms with Crippen molar-refractivity contribution in [1.29, 1.82) is 0 Å². The number of aliphatic carboxylic acids is 1. The van der Waals surface area contributed by atoms with Crippen molar-refractivity contribution >= 4 is 38.6 Å². The molecule has 0 aliphatic carbocycles. The molecule has 4 heterocycles. The summed E-state index contributed by atoms with van der Waals surface area (Å²) in [5.41, 5.74) is -1.70. The number of nitrogens with one attached hydrogen (secondary N) is 2. The van der Waals surface area contributed by atoms with Gasteiger partial charge in [0.15, 0.2) is 11.5 Å². The molecular weight excluding hydrogens is 757 g/mol. The number of amides is 1. The quantitative estimate of drug-likeness (QED) is 0.153. The Morgan fingerprint density at radius 3 is 2.27 bits per heavy atom. The lowest BCUT2D eigenvalue weighted by molar-refractivity contribution is -0.139. The number of carbonyl (C=O) groups excluding carboxylic acids is 1. The van der Waals surface area contributed by atoms with Gasteiger partial charge in [0.25, 0.3) is 21.5 Å². The van der Waals surface area contributed by atoms with E-state index < -0.39 is 68.5 Å². The first-order valence-electron chi connectivity index (χ1n) is 16.6. The van der Waals surface area contributed by atoms with Gasteiger partial charge in [-0.3, -0.25) is 23.9 Å². The third kappa shape index (κ3) is 8.30. The fraction of sp³-hybridized carbons (Fsp3) is 0.194. The minimum Gasteiger partial charge on any atom is -0.480 e. The topological polar surface area (TPSA) is 230 Å². The van der Waals surface area contributed by atoms with E-state index in [0.29, 0.717) is 29.1 Å². The van der Waals surface area contributed by atoms with Crippen molar-refractivity contribution in [3.05, 3.63) is 129 Å². The lowest BCUT2D eigenvalue weighted by Crippen LogP contribution is -2.42. The molecule has 3 N–H and O–H groups in total. The number of fused-ring (bicyclic) bond motifs is 1. The molecular formula is C36H31F2N9O8S. The van der Waals surface area contributed by atoms with E-state index in [1.54, 1.807) is 12.4 Å². The molecule has 0 fully saturated rings. The number of carbonyl (C=O) groups is 2. The number of pyridine rings is 1. The Kier molecular flexibility index (Phi) is 11.0. The molecule has 4 aromatic heterocycles. The highest BCUT2D eigenvalue weighted by atomic mass is 32.2. The third-order valence-electron chi connectivity index (χ3n) is 8.30. The Morgan fingerprint density at radius 2 is 1.62 bits per heavy atom. The Bertz CT molecular complexity index is 2690. The number of sulfonamides is 1. The number of carboxylic acid groups (broad SMARTS) is 1. The lowest BCUT2D eigenvalue weighted by atomic mass is 10.1. The molecule has 2 aromatic carbocycles. The normalized spacial score (nSPS) is 12.1. The summed E-state index contributed by atoms with van der Waals surface area (Å²) < 4.78 is 65.9. The highest BCUT2D eigenvalue weighted by Crippen LogP contribution is 2.25. The monoisotopic (exact) mass is 787 g/mol. The fourth-order valence-electron chi connectivity index (χ4n) is 5.38. The van der Waals surface area contributed by atoms with Crippen LogP contribution in [0.5, 0.6) is 0 Å². The average molecular weight is 788 g/mol. The molecule has 1 atom stereocenters. The van der Waals surface area contributed by atoms with Crippen LogP contribution in [-0.4, -0.2) is 71.6 Å². The van der Waals surface area contributed by atoms with Gasteiger partial charge in [-0.05, 0) is 49.7 Å². The van der Waals surface area contributed by atoms with E-state index in [1.165, 1.54) is 56.0 Å². The van der Waals surface area contributed by atoms with Crippen LogP contribution in [0.1, 0.15) is 35.7 Å². The number of aryl methyl sites for hydroxylation is 1. The van der Waals surface area contributed by atoms with Crippen LogP contribution in [0.4, 0.5) is 14.5 Å². The van der Waals surface area contributed by atoms with E-state index in [-0.39, 0.29) is 40.0 Å². The van der Waals surface area contributed by atoms with Crippen molar-refractivity contribution in [2.24, 2.45) is 7.05 Å². The Labute approximate surface area is 315 Å². The molecule has 0 saturated heterocycles. The molecule has 56 heavy (non-hydrogen) atoms. The first-order valence-corrected chi connectivity index (χ1v) is 18.1. The van der Waals surface area contributed by atoms with E-state index >= 15 is 8.78 Å². The van der Waals surface area contributed by atoms with Crippen LogP contribution in [0, 0.1) is 11.6 Å². The van der Waals surface area contributed by atoms with Crippen molar-refractivity contribution in [2.75, 3.05) is 4.72 Å². The first-order chi connectivity index (χ1) is 26.6. The zero-order valence-corrected chi connectivity index (χ0v) is 30.5. The highest BCUT2D eigenvalue weighted by molar-refractivity contribution is 7.92. The van der Waals surface area contributed by atoms with Crippen LogP contribution in [0.15, 0.2) is 94.1 Å². The molecule has 0 aliphatic rings. The van der Waals surface area contributed by atoms with E-state index in [2.05, 4.69) is 30.2 Å². The van der Waals surface area contributed by atoms with Gasteiger partial charge in [0, 0.05) is 49.4 Å². The molecule has 0 spiro atoms. The van der Waals surface area contributed by atoms with Gasteiger partial charge in [-0.2, -0.15) is 0 Å². The summed E-state index contributed by atoms with van der Waals surface area (Å²) in [5, 5.41) is 12.0. The number of nitrogens with zero attached hydrogens (tertiary/aromatic N) is 7. The number of aromatic nitrogens is 7. The van der Waals surface area contributed by atoms with Gasteiger partial charge in [0.2, 0.25) is 0 Å². The van der Waals surface area contributed by atoms with Crippen LogP contribution in [0.3, 0.4) is 0 Å². The molecule has 0 unspecified atom stereocenters. The molecule has 0 aliphatic heterocycles. The van der Waals surface area contributed by atoms with E-state index in [9.17, 15) is 32.7 Å². The maximum atomic E-state index is 15.2. The number of hydrogen-bond acceptors (Lipinski definition) is 12. The van der Waals surface area contributed by atoms with E-state index in [1.807, 2.05) is 18.6 Å². The summed E-state index contributed by atoms with van der Waals surface area (Å²) in [6.45, 7) is 3.98. The maximum Gasteiger partial charge on any atom is 0.337 e. The Balaban J connectivity index is 1.13. The van der Waals surface area contributed by atoms with Gasteiger partial charge in [0.1, 0.15) is 36.0 Å². The number of halogens is 2. The number of hydrogen-bond donors (Lipinski definition) is 3. The Hall–Kier alpha value is -6.80. The standard InChI is InChI=1S/C36H31F2N9O8S/c1-19(2)55-17-31-41-13-21(14-42-31)20-4-8-24(9-5-20)56(53,54)45-29-12-27(37)25(11-28(29)38)33(48)44-30(35(50)51)10-22-6-7-23(15-40-22)47-34(49)26-16-39-18-43-32(26)46(3)36(47)52/h4-9,11-16,18-19,30,45H,10,17H2,1-3H3,(H,44,48)(H,50,51)/t30-/m0/s1. The number of carboxylic acids is 1. The summed E-state index contributed by atoms with van der Waals surface area (Å²) >= 11 is 0. The van der Waals surface area contributed by atoms with Crippen LogP contribution >= 0.6 is 0 Å². The van der Waals surface area contributed by atoms with Crippen LogP contribution in [-0.2, 0) is 39.6 Å². The van der Waals surface area contributed by atoms with Gasteiger partial charge >= 0.3 is 11.7 Å². The third-order valence-corrected chi connectivity index (χ3v) is 9.68. The molecule has 0 radical (unpaired) electrons. The molecule has 6 aromatic rings. The number of rotatable bonds is 13. The smallest absolute Gasteiger partial charge is 0.337 e. The van der Waals surface area contributed by atoms with Gasteiger partial charge in [-0.25, -0.2) is 51.3 Å². The second-order valence-corrected chi connectivity index (χ2v) is 14.2. The van der Waals surface area contributed by atoms with E-state index in [0.717, 1.165) is 15.3 Å². The van der Waals surface area contributed by atoms with Crippen molar-refractivity contribution in [2.45, 2.75) is 43.9 Å². The van der Waals surface area contributed by atoms with Crippen molar-refractivity contribution < 1.29 is 36.6 Å². The summed E-state index contributed by atoms with van der Waals surface area (Å²) in [7, 11) is -3.03. The molecule has 0 bridgehead atoms. The van der Waals surface area contributed by atoms with Gasteiger partial charge in [-0.15, -0.1) is 0 Å². The zero-order chi connectivity index (χ0) is 40.3. The lowest BCUT2D eigenvalue weighted by Gasteiger charge is -2.16. The second-order valence-electron chi connectivity index (χ2n) is 12.5. The van der Waals surface area contributed by atoms with Crippen LogP contribution < -0.4 is 21.3 Å². The molecule has 6 rings (SSSR count). The summed E-state index contributed by atoms with van der Waals surface area (Å²) in [5.74, 6) is -5.05. The fourth-order valence-corrected chi connectivity index (χ4v) is 6.44. The summed E-state index contributed by atoms with van der Waals surface area (Å²) in [6.07, 6.45) is 6.26. The predicted molar refractivity (Wildman–Crippen MR) is 195 cm³/mol. The largest absolute Gasteiger partial charge is 0.480 e. The van der Waals surface area contributed by atoms with Gasteiger partial charge in [0.05, 0.1) is 34.1 Å². The number of ether oxygens (including phenoxy) is 1.